The van der Waals surface area contributed by atoms with Gasteiger partial charge in [0.2, 0.25) is 0 Å². The largest absolute Gasteiger partial charge is 0.462 e. The number of halogens is 1. The zero-order valence-corrected chi connectivity index (χ0v) is 18.2. The molecule has 2 aromatic heterocycles. The van der Waals surface area contributed by atoms with Crippen LogP contribution in [-0.4, -0.2) is 22.4 Å². The quantitative estimate of drug-likeness (QED) is 0.594. The second-order valence-electron chi connectivity index (χ2n) is 7.05. The summed E-state index contributed by atoms with van der Waals surface area (Å²) in [5.74, 6) is -0.324. The molecule has 0 fully saturated rings. The summed E-state index contributed by atoms with van der Waals surface area (Å²) >= 11 is 7.49. The Balaban J connectivity index is 1.74. The third kappa shape index (κ3) is 3.82. The van der Waals surface area contributed by atoms with E-state index in [0.29, 0.717) is 38.4 Å². The van der Waals surface area contributed by atoms with Crippen LogP contribution in [0.3, 0.4) is 0 Å². The van der Waals surface area contributed by atoms with Gasteiger partial charge < -0.3 is 10.1 Å². The fourth-order valence-electron chi connectivity index (χ4n) is 3.64. The van der Waals surface area contributed by atoms with Gasteiger partial charge in [-0.15, -0.1) is 11.3 Å². The van der Waals surface area contributed by atoms with E-state index in [2.05, 4.69) is 17.0 Å². The van der Waals surface area contributed by atoms with E-state index < -0.39 is 0 Å². The summed E-state index contributed by atoms with van der Waals surface area (Å²) in [7, 11) is 0. The SMILES string of the molecule is C=c1[nH]n(-c2ccc(Cl)cc2)c(=O)/c1=C\Nc1sc2c(c1C(=O)OCC)CCCC2. The van der Waals surface area contributed by atoms with E-state index in [-0.39, 0.29) is 11.5 Å². The van der Waals surface area contributed by atoms with Crippen molar-refractivity contribution in [2.24, 2.45) is 0 Å². The van der Waals surface area contributed by atoms with Crippen LogP contribution in [0, 0.1) is 0 Å². The zero-order valence-electron chi connectivity index (χ0n) is 16.6. The van der Waals surface area contributed by atoms with Gasteiger partial charge in [0.25, 0.3) is 5.56 Å². The second kappa shape index (κ2) is 8.53. The molecule has 30 heavy (non-hydrogen) atoms. The van der Waals surface area contributed by atoms with Crippen molar-refractivity contribution in [3.05, 3.63) is 66.2 Å². The molecule has 0 aliphatic heterocycles. The van der Waals surface area contributed by atoms with Gasteiger partial charge in [0.15, 0.2) is 0 Å². The highest BCUT2D eigenvalue weighted by molar-refractivity contribution is 7.16. The molecular weight excluding hydrogens is 422 g/mol. The number of carbonyl (C=O) groups is 1. The topological polar surface area (TPSA) is 76.1 Å². The monoisotopic (exact) mass is 443 g/mol. The molecule has 4 rings (SSSR count). The lowest BCUT2D eigenvalue weighted by atomic mass is 9.95. The lowest BCUT2D eigenvalue weighted by Crippen LogP contribution is -2.34. The van der Waals surface area contributed by atoms with Gasteiger partial charge in [-0.05, 0) is 62.4 Å². The number of aromatic amines is 1. The number of nitrogens with zero attached hydrogens (tertiary/aromatic N) is 1. The average molecular weight is 444 g/mol. The number of anilines is 1. The number of benzene rings is 1. The van der Waals surface area contributed by atoms with Crippen LogP contribution >= 0.6 is 22.9 Å². The summed E-state index contributed by atoms with van der Waals surface area (Å²) in [6.07, 6.45) is 5.61. The van der Waals surface area contributed by atoms with E-state index in [9.17, 15) is 9.59 Å². The molecule has 8 heteroatoms. The molecule has 0 saturated carbocycles. The van der Waals surface area contributed by atoms with Gasteiger partial charge in [-0.1, -0.05) is 18.2 Å². The Labute approximate surface area is 182 Å². The minimum absolute atomic E-state index is 0.242. The molecular formula is C22H22ClN3O3S. The van der Waals surface area contributed by atoms with Gasteiger partial charge in [0.05, 0.1) is 28.4 Å². The molecule has 0 atom stereocenters. The maximum Gasteiger partial charge on any atom is 0.341 e. The third-order valence-electron chi connectivity index (χ3n) is 5.09. The normalized spacial score (nSPS) is 13.9. The molecule has 1 aliphatic carbocycles. The van der Waals surface area contributed by atoms with Gasteiger partial charge in [0.1, 0.15) is 5.00 Å². The lowest BCUT2D eigenvalue weighted by Gasteiger charge is -2.12. The van der Waals surface area contributed by atoms with Crippen LogP contribution in [0.15, 0.2) is 29.1 Å². The van der Waals surface area contributed by atoms with Crippen molar-refractivity contribution in [2.45, 2.75) is 32.6 Å². The Hall–Kier alpha value is -2.77. The van der Waals surface area contributed by atoms with Crippen molar-refractivity contribution in [3.63, 3.8) is 0 Å². The highest BCUT2D eigenvalue weighted by atomic mass is 35.5. The minimum Gasteiger partial charge on any atom is -0.462 e. The number of aryl methyl sites for hydroxylation is 1. The molecule has 0 amide bonds. The second-order valence-corrected chi connectivity index (χ2v) is 8.59. The zero-order chi connectivity index (χ0) is 21.3. The van der Waals surface area contributed by atoms with Crippen molar-refractivity contribution in [3.8, 4) is 5.69 Å². The number of nitrogens with one attached hydrogen (secondary N) is 2. The number of fused-ring (bicyclic) bond motifs is 1. The summed E-state index contributed by atoms with van der Waals surface area (Å²) in [6.45, 7) is 6.06. The summed E-state index contributed by atoms with van der Waals surface area (Å²) in [4.78, 5) is 26.7. The Morgan fingerprint density at radius 2 is 2.07 bits per heavy atom. The molecule has 1 aromatic carbocycles. The van der Waals surface area contributed by atoms with E-state index in [1.165, 1.54) is 9.56 Å². The molecule has 3 aromatic rings. The van der Waals surface area contributed by atoms with Crippen molar-refractivity contribution in [1.82, 2.24) is 9.78 Å². The maximum absolute atomic E-state index is 12.9. The van der Waals surface area contributed by atoms with Gasteiger partial charge in [-0.2, -0.15) is 0 Å². The number of H-pyrrole nitrogens is 1. The van der Waals surface area contributed by atoms with E-state index in [4.69, 9.17) is 16.3 Å². The standard InChI is InChI=1S/C22H22ClN3O3S/c1-3-29-22(28)19-16-6-4-5-7-18(16)30-20(19)24-12-17-13(2)25-26(21(17)27)15-10-8-14(23)9-11-15/h8-12,24-25H,2-7H2,1H3/b17-12-. The summed E-state index contributed by atoms with van der Waals surface area (Å²) in [5.41, 5.74) is 2.08. The number of hydrogen-bond acceptors (Lipinski definition) is 5. The van der Waals surface area contributed by atoms with Crippen molar-refractivity contribution in [1.29, 1.82) is 0 Å². The molecule has 156 valence electrons. The van der Waals surface area contributed by atoms with Crippen LogP contribution in [-0.2, 0) is 17.6 Å². The van der Waals surface area contributed by atoms with Crippen LogP contribution in [0.2, 0.25) is 5.02 Å². The number of carbonyl (C=O) groups excluding carboxylic acids is 1. The van der Waals surface area contributed by atoms with Crippen LogP contribution in [0.25, 0.3) is 18.5 Å². The predicted octanol–water partition coefficient (Wildman–Crippen LogP) is 3.20. The van der Waals surface area contributed by atoms with Gasteiger partial charge in [-0.25, -0.2) is 9.48 Å². The fourth-order valence-corrected chi connectivity index (χ4v) is 5.01. The number of aromatic nitrogens is 2. The fraction of sp³-hybridized carbons (Fsp3) is 0.273. The summed E-state index contributed by atoms with van der Waals surface area (Å²) in [6, 6.07) is 6.94. The van der Waals surface area contributed by atoms with Gasteiger partial charge >= 0.3 is 5.97 Å². The number of hydrogen-bond donors (Lipinski definition) is 2. The number of ether oxygens (including phenoxy) is 1. The Morgan fingerprint density at radius 1 is 1.33 bits per heavy atom. The van der Waals surface area contributed by atoms with Crippen LogP contribution < -0.4 is 21.4 Å². The molecule has 2 heterocycles. The molecule has 0 spiro atoms. The molecule has 1 aliphatic rings. The first-order valence-electron chi connectivity index (χ1n) is 9.84. The molecule has 0 saturated heterocycles. The predicted molar refractivity (Wildman–Crippen MR) is 121 cm³/mol. The van der Waals surface area contributed by atoms with Gasteiger partial charge in [0, 0.05) is 16.1 Å². The molecule has 6 nitrogen and oxygen atoms in total. The van der Waals surface area contributed by atoms with E-state index in [1.807, 2.05) is 0 Å². The highest BCUT2D eigenvalue weighted by Gasteiger charge is 2.26. The van der Waals surface area contributed by atoms with E-state index in [0.717, 1.165) is 31.2 Å². The molecule has 0 radical (unpaired) electrons. The van der Waals surface area contributed by atoms with Crippen molar-refractivity contribution >= 4 is 46.7 Å². The first-order chi connectivity index (χ1) is 14.5. The van der Waals surface area contributed by atoms with E-state index in [1.54, 1.807) is 48.7 Å². The van der Waals surface area contributed by atoms with Crippen LogP contribution in [0.4, 0.5) is 5.00 Å². The smallest absolute Gasteiger partial charge is 0.341 e. The Morgan fingerprint density at radius 3 is 2.80 bits per heavy atom. The number of esters is 1. The average Bonchev–Trinajstić information content (AvgIpc) is 3.24. The molecule has 0 bridgehead atoms. The summed E-state index contributed by atoms with van der Waals surface area (Å²) < 4.78 is 6.70. The molecule has 0 unspecified atom stereocenters. The van der Waals surface area contributed by atoms with E-state index >= 15 is 0 Å². The van der Waals surface area contributed by atoms with Crippen molar-refractivity contribution < 1.29 is 9.53 Å². The first kappa shape index (κ1) is 20.5. The number of thiophene rings is 1. The Bertz CT molecular complexity index is 1250. The first-order valence-corrected chi connectivity index (χ1v) is 11.0. The molecule has 2 N–H and O–H groups in total. The maximum atomic E-state index is 12.9. The summed E-state index contributed by atoms with van der Waals surface area (Å²) in [5, 5.41) is 8.33. The van der Waals surface area contributed by atoms with Gasteiger partial charge in [-0.3, -0.25) is 9.89 Å². The van der Waals surface area contributed by atoms with Crippen LogP contribution in [0.1, 0.15) is 40.6 Å². The highest BCUT2D eigenvalue weighted by Crippen LogP contribution is 2.38. The lowest BCUT2D eigenvalue weighted by molar-refractivity contribution is 0.0526. The van der Waals surface area contributed by atoms with Crippen molar-refractivity contribution in [2.75, 3.05) is 11.9 Å². The Kier molecular flexibility index (Phi) is 5.83. The minimum atomic E-state index is -0.324. The number of rotatable bonds is 5. The van der Waals surface area contributed by atoms with Crippen LogP contribution in [0.5, 0.6) is 0 Å². The third-order valence-corrected chi connectivity index (χ3v) is 6.56.